The van der Waals surface area contributed by atoms with E-state index in [4.69, 9.17) is 4.52 Å². The number of carbonyl (C=O) groups is 1. The van der Waals surface area contributed by atoms with Gasteiger partial charge in [-0.1, -0.05) is 12.1 Å². The van der Waals surface area contributed by atoms with Crippen LogP contribution in [0.1, 0.15) is 18.4 Å². The summed E-state index contributed by atoms with van der Waals surface area (Å²) in [4.78, 5) is 22.0. The first-order valence-corrected chi connectivity index (χ1v) is 11.3. The third kappa shape index (κ3) is 6.06. The van der Waals surface area contributed by atoms with Crippen molar-refractivity contribution in [2.45, 2.75) is 20.4 Å². The van der Waals surface area contributed by atoms with Crippen molar-refractivity contribution in [2.75, 3.05) is 75.7 Å². The Kier molecular flexibility index (Phi) is 7.21. The van der Waals surface area contributed by atoms with Crippen molar-refractivity contribution < 1.29 is 9.32 Å². The zero-order valence-electron chi connectivity index (χ0n) is 18.7. The van der Waals surface area contributed by atoms with Crippen LogP contribution in [0.4, 0.5) is 11.4 Å². The van der Waals surface area contributed by atoms with E-state index < -0.39 is 0 Å². The monoisotopic (exact) mass is 426 g/mol. The van der Waals surface area contributed by atoms with E-state index in [1.807, 2.05) is 25.1 Å². The molecule has 168 valence electrons. The molecule has 0 atom stereocenters. The first-order valence-electron chi connectivity index (χ1n) is 11.3. The van der Waals surface area contributed by atoms with E-state index in [-0.39, 0.29) is 5.91 Å². The molecule has 0 saturated carbocycles. The fourth-order valence-electron chi connectivity index (χ4n) is 4.31. The van der Waals surface area contributed by atoms with Gasteiger partial charge in [-0.2, -0.15) is 0 Å². The molecule has 0 radical (unpaired) electrons. The number of aromatic nitrogens is 1. The first-order chi connectivity index (χ1) is 15.1. The molecule has 0 unspecified atom stereocenters. The van der Waals surface area contributed by atoms with Gasteiger partial charge in [0.25, 0.3) is 0 Å². The van der Waals surface area contributed by atoms with Gasteiger partial charge < -0.3 is 19.6 Å². The Morgan fingerprint density at radius 2 is 1.61 bits per heavy atom. The highest BCUT2D eigenvalue weighted by Crippen LogP contribution is 2.19. The fourth-order valence-corrected chi connectivity index (χ4v) is 4.31. The molecule has 0 aliphatic carbocycles. The third-order valence-corrected chi connectivity index (χ3v) is 6.23. The van der Waals surface area contributed by atoms with Gasteiger partial charge in [0.1, 0.15) is 5.76 Å². The molecule has 1 N–H and O–H groups in total. The van der Waals surface area contributed by atoms with Crippen molar-refractivity contribution in [1.82, 2.24) is 19.9 Å². The van der Waals surface area contributed by atoms with Gasteiger partial charge >= 0.3 is 0 Å². The van der Waals surface area contributed by atoms with Gasteiger partial charge in [0.05, 0.1) is 12.2 Å². The molecule has 8 heteroatoms. The minimum Gasteiger partial charge on any atom is -0.369 e. The summed E-state index contributed by atoms with van der Waals surface area (Å²) in [7, 11) is 0. The number of nitrogens with one attached hydrogen (secondary N) is 1. The molecule has 1 amide bonds. The molecule has 2 aliphatic rings. The summed E-state index contributed by atoms with van der Waals surface area (Å²) in [6.45, 7) is 14.4. The zero-order chi connectivity index (χ0) is 21.6. The number of anilines is 2. The molecular formula is C23H34N6O2. The van der Waals surface area contributed by atoms with Crippen LogP contribution in [0.2, 0.25) is 0 Å². The average Bonchev–Trinajstić information content (AvgIpc) is 3.20. The average molecular weight is 427 g/mol. The molecule has 0 spiro atoms. The van der Waals surface area contributed by atoms with Crippen LogP contribution < -0.4 is 10.2 Å². The van der Waals surface area contributed by atoms with Gasteiger partial charge in [-0.25, -0.2) is 0 Å². The zero-order valence-corrected chi connectivity index (χ0v) is 18.7. The lowest BCUT2D eigenvalue weighted by atomic mass is 10.2. The van der Waals surface area contributed by atoms with E-state index in [0.717, 1.165) is 82.6 Å². The number of hydrogen-bond acceptors (Lipinski definition) is 7. The van der Waals surface area contributed by atoms with Crippen LogP contribution in [0.15, 0.2) is 34.9 Å². The molecule has 0 bridgehead atoms. The van der Waals surface area contributed by atoms with Crippen LogP contribution in [0.3, 0.4) is 0 Å². The second-order valence-electron chi connectivity index (χ2n) is 8.50. The number of carbonyl (C=O) groups excluding carboxylic acids is 1. The summed E-state index contributed by atoms with van der Waals surface area (Å²) in [5, 5.41) is 7.11. The smallest absolute Gasteiger partial charge is 0.238 e. The molecular weight excluding hydrogens is 392 g/mol. The fraction of sp³-hybridized carbons (Fsp3) is 0.565. The molecule has 8 nitrogen and oxygen atoms in total. The van der Waals surface area contributed by atoms with E-state index in [0.29, 0.717) is 6.54 Å². The van der Waals surface area contributed by atoms with Crippen LogP contribution in [-0.2, 0) is 11.3 Å². The van der Waals surface area contributed by atoms with Crippen LogP contribution >= 0.6 is 0 Å². The van der Waals surface area contributed by atoms with E-state index in [2.05, 4.69) is 49.1 Å². The van der Waals surface area contributed by atoms with Gasteiger partial charge in [0.2, 0.25) is 5.91 Å². The summed E-state index contributed by atoms with van der Waals surface area (Å²) in [5.74, 6) is 0.891. The Hall–Kier alpha value is -2.42. The molecule has 2 fully saturated rings. The van der Waals surface area contributed by atoms with Gasteiger partial charge in [-0.05, 0) is 37.7 Å². The third-order valence-electron chi connectivity index (χ3n) is 6.23. The van der Waals surface area contributed by atoms with Crippen LogP contribution in [0.25, 0.3) is 0 Å². The highest BCUT2D eigenvalue weighted by Gasteiger charge is 2.20. The maximum atomic E-state index is 12.5. The molecule has 2 saturated heterocycles. The number of likely N-dealkylation sites (N-methyl/N-ethyl adjacent to an activating group) is 1. The number of hydrogen-bond donors (Lipinski definition) is 1. The van der Waals surface area contributed by atoms with Gasteiger partial charge in [0.15, 0.2) is 0 Å². The Labute approximate surface area is 184 Å². The van der Waals surface area contributed by atoms with Gasteiger partial charge in [-0.15, -0.1) is 0 Å². The predicted molar refractivity (Wildman–Crippen MR) is 122 cm³/mol. The Morgan fingerprint density at radius 1 is 0.968 bits per heavy atom. The highest BCUT2D eigenvalue weighted by molar-refractivity contribution is 5.92. The lowest BCUT2D eigenvalue weighted by molar-refractivity contribution is -0.117. The van der Waals surface area contributed by atoms with Crippen molar-refractivity contribution >= 4 is 17.3 Å². The number of amides is 1. The highest BCUT2D eigenvalue weighted by atomic mass is 16.5. The van der Waals surface area contributed by atoms with E-state index in [1.165, 1.54) is 5.69 Å². The quantitative estimate of drug-likeness (QED) is 0.725. The Morgan fingerprint density at radius 3 is 2.23 bits per heavy atom. The maximum Gasteiger partial charge on any atom is 0.238 e. The van der Waals surface area contributed by atoms with E-state index in [1.54, 1.807) is 0 Å². The summed E-state index contributed by atoms with van der Waals surface area (Å²) in [6, 6.07) is 10.2. The minimum absolute atomic E-state index is 0.0462. The number of rotatable bonds is 7. The lowest BCUT2D eigenvalue weighted by Crippen LogP contribution is -2.48. The maximum absolute atomic E-state index is 12.5. The molecule has 3 heterocycles. The van der Waals surface area contributed by atoms with Crippen LogP contribution in [0, 0.1) is 6.92 Å². The molecule has 31 heavy (non-hydrogen) atoms. The number of piperazine rings is 2. The van der Waals surface area contributed by atoms with Gasteiger partial charge in [0, 0.05) is 76.3 Å². The Bertz CT molecular complexity index is 836. The number of aryl methyl sites for hydroxylation is 1. The number of benzene rings is 1. The van der Waals surface area contributed by atoms with Crippen LogP contribution in [-0.4, -0.2) is 91.2 Å². The summed E-state index contributed by atoms with van der Waals surface area (Å²) in [6.07, 6.45) is 0. The molecule has 1 aromatic heterocycles. The normalized spacial score (nSPS) is 19.0. The topological polar surface area (TPSA) is 68.1 Å². The standard InChI is InChI=1S/C23H34N6O2/c1-3-26-12-14-29(15-13-26)22-6-4-20(5-7-22)24-23(30)18-28-10-8-27(9-11-28)17-21-16-19(2)31-25-21/h4-7,16H,3,8-15,17-18H2,1-2H3,(H,24,30). The number of nitrogens with zero attached hydrogens (tertiary/aromatic N) is 5. The Balaban J connectivity index is 1.19. The summed E-state index contributed by atoms with van der Waals surface area (Å²) >= 11 is 0. The van der Waals surface area contributed by atoms with Gasteiger partial charge in [-0.3, -0.25) is 14.6 Å². The summed E-state index contributed by atoms with van der Waals surface area (Å²) in [5.41, 5.74) is 3.06. The lowest BCUT2D eigenvalue weighted by Gasteiger charge is -2.35. The summed E-state index contributed by atoms with van der Waals surface area (Å²) < 4.78 is 5.14. The van der Waals surface area contributed by atoms with Crippen molar-refractivity contribution in [3.63, 3.8) is 0 Å². The second kappa shape index (κ2) is 10.3. The second-order valence-corrected chi connectivity index (χ2v) is 8.50. The van der Waals surface area contributed by atoms with Crippen molar-refractivity contribution in [2.24, 2.45) is 0 Å². The van der Waals surface area contributed by atoms with Crippen molar-refractivity contribution in [3.8, 4) is 0 Å². The van der Waals surface area contributed by atoms with Crippen molar-refractivity contribution in [1.29, 1.82) is 0 Å². The molecule has 2 aliphatic heterocycles. The van der Waals surface area contributed by atoms with E-state index in [9.17, 15) is 4.79 Å². The predicted octanol–water partition coefficient (Wildman–Crippen LogP) is 1.88. The largest absolute Gasteiger partial charge is 0.369 e. The van der Waals surface area contributed by atoms with Crippen molar-refractivity contribution in [3.05, 3.63) is 41.8 Å². The SMILES string of the molecule is CCN1CCN(c2ccc(NC(=O)CN3CCN(Cc4cc(C)on4)CC3)cc2)CC1. The minimum atomic E-state index is 0.0462. The van der Waals surface area contributed by atoms with Crippen LogP contribution in [0.5, 0.6) is 0 Å². The molecule has 4 rings (SSSR count). The molecule has 2 aromatic rings. The van der Waals surface area contributed by atoms with E-state index >= 15 is 0 Å². The molecule has 1 aromatic carbocycles. The first kappa shape index (κ1) is 21.8.